The minimum absolute atomic E-state index is 0.310. The van der Waals surface area contributed by atoms with Crippen molar-refractivity contribution in [2.24, 2.45) is 0 Å². The SMILES string of the molecule is CNC(C)c1sc(-c2cc(Br)ccc2OC)nc1C. The number of thiazole rings is 1. The summed E-state index contributed by atoms with van der Waals surface area (Å²) in [5.74, 6) is 0.848. The van der Waals surface area contributed by atoms with E-state index < -0.39 is 0 Å². The zero-order valence-corrected chi connectivity index (χ0v) is 13.9. The van der Waals surface area contributed by atoms with E-state index in [-0.39, 0.29) is 0 Å². The summed E-state index contributed by atoms with van der Waals surface area (Å²) in [6.07, 6.45) is 0. The number of nitrogens with one attached hydrogen (secondary N) is 1. The second-order valence-corrected chi connectivity index (χ2v) is 6.27. The number of methoxy groups -OCH3 is 1. The van der Waals surface area contributed by atoms with E-state index in [0.717, 1.165) is 26.5 Å². The van der Waals surface area contributed by atoms with Gasteiger partial charge in [0.05, 0.1) is 18.4 Å². The molecule has 0 spiro atoms. The normalized spacial score (nSPS) is 12.5. The van der Waals surface area contributed by atoms with Crippen molar-refractivity contribution in [3.63, 3.8) is 0 Å². The van der Waals surface area contributed by atoms with Gasteiger partial charge in [0.1, 0.15) is 10.8 Å². The summed E-state index contributed by atoms with van der Waals surface area (Å²) in [5.41, 5.74) is 2.10. The summed E-state index contributed by atoms with van der Waals surface area (Å²) in [4.78, 5) is 5.94. The van der Waals surface area contributed by atoms with Crippen LogP contribution in [0.15, 0.2) is 22.7 Å². The lowest BCUT2D eigenvalue weighted by Crippen LogP contribution is -2.11. The van der Waals surface area contributed by atoms with Crippen LogP contribution in [0.2, 0.25) is 0 Å². The molecule has 2 aromatic rings. The fraction of sp³-hybridized carbons (Fsp3) is 0.357. The Morgan fingerprint density at radius 3 is 2.79 bits per heavy atom. The number of aromatic nitrogens is 1. The third kappa shape index (κ3) is 2.99. The van der Waals surface area contributed by atoms with Gasteiger partial charge in [-0.15, -0.1) is 11.3 Å². The molecule has 0 bridgehead atoms. The van der Waals surface area contributed by atoms with Crippen LogP contribution in [-0.4, -0.2) is 19.1 Å². The molecule has 1 heterocycles. The third-order valence-corrected chi connectivity index (χ3v) is 4.92. The van der Waals surface area contributed by atoms with E-state index in [1.807, 2.05) is 32.2 Å². The molecule has 1 aromatic carbocycles. The lowest BCUT2D eigenvalue weighted by molar-refractivity contribution is 0.416. The average Bonchev–Trinajstić information content (AvgIpc) is 2.79. The van der Waals surface area contributed by atoms with Gasteiger partial charge < -0.3 is 10.1 Å². The van der Waals surface area contributed by atoms with Crippen LogP contribution in [0.1, 0.15) is 23.5 Å². The highest BCUT2D eigenvalue weighted by molar-refractivity contribution is 9.10. The molecule has 0 fully saturated rings. The number of halogens is 1. The zero-order valence-electron chi connectivity index (χ0n) is 11.5. The Bertz CT molecular complexity index is 583. The van der Waals surface area contributed by atoms with Crippen LogP contribution in [0.4, 0.5) is 0 Å². The smallest absolute Gasteiger partial charge is 0.129 e. The number of benzene rings is 1. The van der Waals surface area contributed by atoms with Gasteiger partial charge in [-0.05, 0) is 39.1 Å². The second-order valence-electron chi connectivity index (χ2n) is 4.32. The Kier molecular flexibility index (Phi) is 4.60. The van der Waals surface area contributed by atoms with Gasteiger partial charge in [0.15, 0.2) is 0 Å². The maximum atomic E-state index is 5.42. The molecule has 0 saturated heterocycles. The van der Waals surface area contributed by atoms with Crippen molar-refractivity contribution in [1.29, 1.82) is 0 Å². The Morgan fingerprint density at radius 1 is 1.42 bits per heavy atom. The first-order valence-electron chi connectivity index (χ1n) is 6.05. The molecule has 1 unspecified atom stereocenters. The molecule has 19 heavy (non-hydrogen) atoms. The number of rotatable bonds is 4. The van der Waals surface area contributed by atoms with Crippen molar-refractivity contribution in [1.82, 2.24) is 10.3 Å². The molecule has 102 valence electrons. The molecule has 0 saturated carbocycles. The number of ether oxygens (including phenoxy) is 1. The van der Waals surface area contributed by atoms with Crippen molar-refractivity contribution in [3.8, 4) is 16.3 Å². The second kappa shape index (κ2) is 6.03. The van der Waals surface area contributed by atoms with Gasteiger partial charge in [-0.3, -0.25) is 0 Å². The minimum Gasteiger partial charge on any atom is -0.496 e. The molecular weight excluding hydrogens is 324 g/mol. The molecule has 1 N–H and O–H groups in total. The monoisotopic (exact) mass is 340 g/mol. The van der Waals surface area contributed by atoms with E-state index in [4.69, 9.17) is 4.74 Å². The highest BCUT2D eigenvalue weighted by Gasteiger charge is 2.16. The number of hydrogen-bond donors (Lipinski definition) is 1. The Balaban J connectivity index is 2.50. The Hall–Kier alpha value is -0.910. The maximum Gasteiger partial charge on any atom is 0.129 e. The molecule has 0 aliphatic carbocycles. The predicted octanol–water partition coefficient (Wildman–Crippen LogP) is 4.17. The molecule has 2 rings (SSSR count). The van der Waals surface area contributed by atoms with Crippen LogP contribution in [0.5, 0.6) is 5.75 Å². The average molecular weight is 341 g/mol. The van der Waals surface area contributed by atoms with E-state index in [9.17, 15) is 0 Å². The van der Waals surface area contributed by atoms with Crippen LogP contribution in [0.3, 0.4) is 0 Å². The molecule has 3 nitrogen and oxygen atoms in total. The lowest BCUT2D eigenvalue weighted by atomic mass is 10.2. The summed E-state index contributed by atoms with van der Waals surface area (Å²) < 4.78 is 6.45. The summed E-state index contributed by atoms with van der Waals surface area (Å²) in [6.45, 7) is 4.19. The first-order chi connectivity index (χ1) is 9.06. The molecule has 1 atom stereocenters. The third-order valence-electron chi connectivity index (χ3n) is 3.05. The van der Waals surface area contributed by atoms with Crippen molar-refractivity contribution >= 4 is 27.3 Å². The summed E-state index contributed by atoms with van der Waals surface area (Å²) in [7, 11) is 3.65. The van der Waals surface area contributed by atoms with E-state index in [0.29, 0.717) is 6.04 Å². The van der Waals surface area contributed by atoms with Gasteiger partial charge in [-0.1, -0.05) is 15.9 Å². The van der Waals surface area contributed by atoms with Crippen LogP contribution in [0, 0.1) is 6.92 Å². The van der Waals surface area contributed by atoms with E-state index >= 15 is 0 Å². The lowest BCUT2D eigenvalue weighted by Gasteiger charge is -2.07. The Labute approximate surface area is 126 Å². The van der Waals surface area contributed by atoms with Gasteiger partial charge in [0, 0.05) is 15.4 Å². The van der Waals surface area contributed by atoms with Gasteiger partial charge in [-0.25, -0.2) is 4.98 Å². The van der Waals surface area contributed by atoms with Gasteiger partial charge in [-0.2, -0.15) is 0 Å². The molecule has 5 heteroatoms. The molecule has 0 amide bonds. The highest BCUT2D eigenvalue weighted by Crippen LogP contribution is 2.37. The summed E-state index contributed by atoms with van der Waals surface area (Å²) >= 11 is 5.21. The van der Waals surface area contributed by atoms with E-state index in [1.54, 1.807) is 18.4 Å². The highest BCUT2D eigenvalue weighted by atomic mass is 79.9. The quantitative estimate of drug-likeness (QED) is 0.906. The van der Waals surface area contributed by atoms with Gasteiger partial charge in [0.25, 0.3) is 0 Å². The summed E-state index contributed by atoms with van der Waals surface area (Å²) in [5, 5.41) is 4.25. The number of hydrogen-bond acceptors (Lipinski definition) is 4. The summed E-state index contributed by atoms with van der Waals surface area (Å²) in [6, 6.07) is 6.28. The fourth-order valence-corrected chi connectivity index (χ4v) is 3.41. The van der Waals surface area contributed by atoms with Crippen molar-refractivity contribution in [2.75, 3.05) is 14.2 Å². The van der Waals surface area contributed by atoms with Crippen LogP contribution < -0.4 is 10.1 Å². The number of aryl methyl sites for hydroxylation is 1. The first-order valence-corrected chi connectivity index (χ1v) is 7.66. The van der Waals surface area contributed by atoms with Crippen molar-refractivity contribution < 1.29 is 4.74 Å². The van der Waals surface area contributed by atoms with Crippen LogP contribution >= 0.6 is 27.3 Å². The maximum absolute atomic E-state index is 5.42. The molecule has 0 radical (unpaired) electrons. The van der Waals surface area contributed by atoms with Crippen LogP contribution in [-0.2, 0) is 0 Å². The molecular formula is C14H17BrN2OS. The van der Waals surface area contributed by atoms with Gasteiger partial charge in [0.2, 0.25) is 0 Å². The fourth-order valence-electron chi connectivity index (χ4n) is 1.90. The van der Waals surface area contributed by atoms with Gasteiger partial charge >= 0.3 is 0 Å². The van der Waals surface area contributed by atoms with E-state index in [2.05, 4.69) is 33.2 Å². The first kappa shape index (κ1) is 14.5. The molecule has 1 aromatic heterocycles. The largest absolute Gasteiger partial charge is 0.496 e. The molecule has 0 aliphatic rings. The Morgan fingerprint density at radius 2 is 2.16 bits per heavy atom. The van der Waals surface area contributed by atoms with Crippen molar-refractivity contribution in [2.45, 2.75) is 19.9 Å². The molecule has 0 aliphatic heterocycles. The van der Waals surface area contributed by atoms with E-state index in [1.165, 1.54) is 4.88 Å². The topological polar surface area (TPSA) is 34.1 Å². The van der Waals surface area contributed by atoms with Crippen LogP contribution in [0.25, 0.3) is 10.6 Å². The zero-order chi connectivity index (χ0) is 14.0. The minimum atomic E-state index is 0.310. The number of nitrogens with zero attached hydrogens (tertiary/aromatic N) is 1. The standard InChI is InChI=1S/C14H17BrN2OS/c1-8(16-3)13-9(2)17-14(19-13)11-7-10(15)5-6-12(11)18-4/h5-8,16H,1-4H3. The predicted molar refractivity (Wildman–Crippen MR) is 84.0 cm³/mol. The van der Waals surface area contributed by atoms with Crippen molar-refractivity contribution in [3.05, 3.63) is 33.2 Å².